The van der Waals surface area contributed by atoms with Gasteiger partial charge in [0.2, 0.25) is 0 Å². The summed E-state index contributed by atoms with van der Waals surface area (Å²) in [5.41, 5.74) is 10.8. The Morgan fingerprint density at radius 3 is 2.43 bits per heavy atom. The van der Waals surface area contributed by atoms with Crippen LogP contribution in [0.2, 0.25) is 0 Å². The molecule has 0 saturated heterocycles. The van der Waals surface area contributed by atoms with E-state index in [-0.39, 0.29) is 6.04 Å². The van der Waals surface area contributed by atoms with Crippen LogP contribution in [0.1, 0.15) is 51.3 Å². The summed E-state index contributed by atoms with van der Waals surface area (Å²) in [6.45, 7) is 13.3. The summed E-state index contributed by atoms with van der Waals surface area (Å²) < 4.78 is 0. The SMILES string of the molecule is Cc1cccc(C(C(C)N)N2CC=C(C(C)(C)C)CC2)c1. The normalized spacial score (nSPS) is 20.0. The lowest BCUT2D eigenvalue weighted by molar-refractivity contribution is 0.184. The minimum atomic E-state index is 0.136. The number of nitrogens with two attached hydrogens (primary N) is 1. The Balaban J connectivity index is 2.20. The summed E-state index contributed by atoms with van der Waals surface area (Å²) in [5.74, 6) is 0. The molecule has 0 amide bonds. The zero-order chi connectivity index (χ0) is 15.6. The maximum absolute atomic E-state index is 6.31. The van der Waals surface area contributed by atoms with Crippen LogP contribution in [0.3, 0.4) is 0 Å². The lowest BCUT2D eigenvalue weighted by atomic mass is 9.82. The molecule has 1 aromatic rings. The van der Waals surface area contributed by atoms with Crippen LogP contribution >= 0.6 is 0 Å². The van der Waals surface area contributed by atoms with Crippen molar-refractivity contribution in [3.05, 3.63) is 47.0 Å². The van der Waals surface area contributed by atoms with Gasteiger partial charge in [0.05, 0.1) is 0 Å². The van der Waals surface area contributed by atoms with Gasteiger partial charge in [-0.25, -0.2) is 0 Å². The molecule has 0 saturated carbocycles. The zero-order valence-electron chi connectivity index (χ0n) is 14.2. The Morgan fingerprint density at radius 1 is 1.24 bits per heavy atom. The standard InChI is InChI=1S/C19H30N2/c1-14-7-6-8-16(13-14)18(15(2)20)21-11-9-17(10-12-21)19(3,4)5/h6-9,13,15,18H,10-12,20H2,1-5H3. The number of hydrogen-bond acceptors (Lipinski definition) is 2. The molecule has 1 aliphatic heterocycles. The molecule has 0 bridgehead atoms. The minimum absolute atomic E-state index is 0.136. The smallest absolute Gasteiger partial charge is 0.0499 e. The van der Waals surface area contributed by atoms with Crippen LogP contribution in [-0.2, 0) is 0 Å². The summed E-state index contributed by atoms with van der Waals surface area (Å²) in [4.78, 5) is 2.52. The average Bonchev–Trinajstić information content (AvgIpc) is 2.38. The molecule has 2 atom stereocenters. The Morgan fingerprint density at radius 2 is 1.95 bits per heavy atom. The first kappa shape index (κ1) is 16.3. The maximum atomic E-state index is 6.31. The van der Waals surface area contributed by atoms with Gasteiger partial charge in [-0.2, -0.15) is 0 Å². The molecule has 0 radical (unpaired) electrons. The molecule has 0 fully saturated rings. The molecule has 1 aliphatic rings. The van der Waals surface area contributed by atoms with Crippen molar-refractivity contribution in [2.75, 3.05) is 13.1 Å². The van der Waals surface area contributed by atoms with Crippen molar-refractivity contribution in [3.8, 4) is 0 Å². The number of benzene rings is 1. The molecule has 2 nitrogen and oxygen atoms in total. The monoisotopic (exact) mass is 286 g/mol. The van der Waals surface area contributed by atoms with Gasteiger partial charge >= 0.3 is 0 Å². The number of hydrogen-bond donors (Lipinski definition) is 1. The second-order valence-electron chi connectivity index (χ2n) is 7.44. The molecule has 1 heterocycles. The highest BCUT2D eigenvalue weighted by molar-refractivity contribution is 5.27. The van der Waals surface area contributed by atoms with Gasteiger partial charge in [-0.3, -0.25) is 4.90 Å². The summed E-state index contributed by atoms with van der Waals surface area (Å²) >= 11 is 0. The van der Waals surface area contributed by atoms with Gasteiger partial charge in [0.25, 0.3) is 0 Å². The van der Waals surface area contributed by atoms with Gasteiger partial charge in [-0.15, -0.1) is 0 Å². The van der Waals surface area contributed by atoms with Crippen molar-refractivity contribution in [2.45, 2.75) is 53.1 Å². The van der Waals surface area contributed by atoms with Crippen LogP contribution in [0.4, 0.5) is 0 Å². The zero-order valence-corrected chi connectivity index (χ0v) is 14.2. The summed E-state index contributed by atoms with van der Waals surface area (Å²) in [5, 5.41) is 0. The third-order valence-electron chi connectivity index (χ3n) is 4.48. The molecule has 1 aromatic carbocycles. The molecular formula is C19H30N2. The number of nitrogens with zero attached hydrogens (tertiary/aromatic N) is 1. The Hall–Kier alpha value is -1.12. The van der Waals surface area contributed by atoms with Gasteiger partial charge in [-0.1, -0.05) is 62.2 Å². The van der Waals surface area contributed by atoms with Crippen molar-refractivity contribution in [3.63, 3.8) is 0 Å². The summed E-state index contributed by atoms with van der Waals surface area (Å²) in [7, 11) is 0. The third-order valence-corrected chi connectivity index (χ3v) is 4.48. The van der Waals surface area contributed by atoms with E-state index >= 15 is 0 Å². The van der Waals surface area contributed by atoms with Crippen LogP contribution in [0, 0.1) is 12.3 Å². The quantitative estimate of drug-likeness (QED) is 0.849. The average molecular weight is 286 g/mol. The molecule has 0 aliphatic carbocycles. The highest BCUT2D eigenvalue weighted by Gasteiger charge is 2.28. The fourth-order valence-corrected chi connectivity index (χ4v) is 3.32. The number of aryl methyl sites for hydroxylation is 1. The molecule has 2 rings (SSSR count). The van der Waals surface area contributed by atoms with Crippen molar-refractivity contribution in [2.24, 2.45) is 11.1 Å². The van der Waals surface area contributed by atoms with Gasteiger partial charge in [-0.05, 0) is 31.2 Å². The lowest BCUT2D eigenvalue weighted by Gasteiger charge is -2.39. The molecule has 0 spiro atoms. The van der Waals surface area contributed by atoms with Crippen molar-refractivity contribution in [1.82, 2.24) is 4.90 Å². The number of rotatable bonds is 3. The van der Waals surface area contributed by atoms with E-state index in [0.717, 1.165) is 19.5 Å². The highest BCUT2D eigenvalue weighted by Crippen LogP contribution is 2.33. The first-order valence-corrected chi connectivity index (χ1v) is 8.05. The molecule has 2 N–H and O–H groups in total. The predicted octanol–water partition coefficient (Wildman–Crippen LogP) is 4.06. The minimum Gasteiger partial charge on any atom is -0.326 e. The second-order valence-corrected chi connectivity index (χ2v) is 7.44. The fraction of sp³-hybridized carbons (Fsp3) is 0.579. The maximum Gasteiger partial charge on any atom is 0.0499 e. The van der Waals surface area contributed by atoms with E-state index in [0.29, 0.717) is 11.5 Å². The van der Waals surface area contributed by atoms with Crippen LogP contribution in [0.5, 0.6) is 0 Å². The van der Waals surface area contributed by atoms with Gasteiger partial charge in [0.15, 0.2) is 0 Å². The molecule has 116 valence electrons. The van der Waals surface area contributed by atoms with Crippen molar-refractivity contribution >= 4 is 0 Å². The van der Waals surface area contributed by atoms with E-state index in [9.17, 15) is 0 Å². The third kappa shape index (κ3) is 3.96. The largest absolute Gasteiger partial charge is 0.326 e. The Bertz CT molecular complexity index is 509. The van der Waals surface area contributed by atoms with Crippen LogP contribution in [0.15, 0.2) is 35.9 Å². The second kappa shape index (κ2) is 6.33. The van der Waals surface area contributed by atoms with Crippen molar-refractivity contribution < 1.29 is 0 Å². The highest BCUT2D eigenvalue weighted by atomic mass is 15.2. The van der Waals surface area contributed by atoms with Gasteiger partial charge in [0.1, 0.15) is 0 Å². The van der Waals surface area contributed by atoms with Crippen LogP contribution in [0.25, 0.3) is 0 Å². The molecule has 2 unspecified atom stereocenters. The molecule has 0 aromatic heterocycles. The van der Waals surface area contributed by atoms with Crippen molar-refractivity contribution in [1.29, 1.82) is 0 Å². The van der Waals surface area contributed by atoms with Crippen LogP contribution < -0.4 is 5.73 Å². The van der Waals surface area contributed by atoms with E-state index in [1.807, 2.05) is 0 Å². The molecule has 2 heteroatoms. The van der Waals surface area contributed by atoms with Crippen LogP contribution in [-0.4, -0.2) is 24.0 Å². The predicted molar refractivity (Wildman–Crippen MR) is 91.3 cm³/mol. The Labute approximate surface area is 130 Å². The first-order chi connectivity index (χ1) is 9.79. The molecule has 21 heavy (non-hydrogen) atoms. The first-order valence-electron chi connectivity index (χ1n) is 8.05. The summed E-state index contributed by atoms with van der Waals surface area (Å²) in [6.07, 6.45) is 3.56. The van der Waals surface area contributed by atoms with E-state index in [1.54, 1.807) is 5.57 Å². The fourth-order valence-electron chi connectivity index (χ4n) is 3.32. The lowest BCUT2D eigenvalue weighted by Crippen LogP contribution is -2.42. The van der Waals surface area contributed by atoms with E-state index in [4.69, 9.17) is 5.73 Å². The molecular weight excluding hydrogens is 256 g/mol. The van der Waals surface area contributed by atoms with E-state index < -0.39 is 0 Å². The van der Waals surface area contributed by atoms with Gasteiger partial charge in [0, 0.05) is 25.2 Å². The topological polar surface area (TPSA) is 29.3 Å². The van der Waals surface area contributed by atoms with E-state index in [1.165, 1.54) is 11.1 Å². The summed E-state index contributed by atoms with van der Waals surface area (Å²) in [6, 6.07) is 9.22. The van der Waals surface area contributed by atoms with Gasteiger partial charge < -0.3 is 5.73 Å². The Kier molecular flexibility index (Phi) is 4.90. The van der Waals surface area contributed by atoms with E-state index in [2.05, 4.69) is 69.9 Å².